The molecule has 3 aromatic rings. The van der Waals surface area contributed by atoms with Crippen LogP contribution in [0.3, 0.4) is 0 Å². The first-order valence-electron chi connectivity index (χ1n) is 11.7. The second-order valence-corrected chi connectivity index (χ2v) is 9.54. The van der Waals surface area contributed by atoms with Gasteiger partial charge in [0, 0.05) is 36.8 Å². The van der Waals surface area contributed by atoms with Crippen LogP contribution in [-0.2, 0) is 9.59 Å². The van der Waals surface area contributed by atoms with Crippen LogP contribution in [-0.4, -0.2) is 56.1 Å². The largest absolute Gasteiger partial charge is 0.497 e. The number of rotatable bonds is 6. The molecule has 2 aliphatic rings. The van der Waals surface area contributed by atoms with E-state index < -0.39 is 17.6 Å². The third-order valence-electron chi connectivity index (χ3n) is 6.59. The zero-order valence-electron chi connectivity index (χ0n) is 20.6. The lowest BCUT2D eigenvalue weighted by molar-refractivity contribution is -0.132. The quantitative estimate of drug-likeness (QED) is 0.456. The van der Waals surface area contributed by atoms with E-state index in [1.54, 1.807) is 19.2 Å². The van der Waals surface area contributed by atoms with Gasteiger partial charge in [0.1, 0.15) is 12.3 Å². The number of carbonyl (C=O) groups excluding carboxylic acids is 3. The van der Waals surface area contributed by atoms with Crippen molar-refractivity contribution in [3.05, 3.63) is 88.4 Å². The van der Waals surface area contributed by atoms with Gasteiger partial charge in [-0.3, -0.25) is 19.3 Å². The van der Waals surface area contributed by atoms with E-state index >= 15 is 0 Å². The van der Waals surface area contributed by atoms with Crippen molar-refractivity contribution in [2.24, 2.45) is 5.10 Å². The monoisotopic (exact) mass is 516 g/mol. The third-order valence-corrected chi connectivity index (χ3v) is 6.83. The van der Waals surface area contributed by atoms with Crippen molar-refractivity contribution in [2.75, 3.05) is 37.5 Å². The number of ketones is 1. The maximum absolute atomic E-state index is 13.6. The van der Waals surface area contributed by atoms with Gasteiger partial charge in [0.05, 0.1) is 30.1 Å². The number of hydrogen-bond donors (Lipinski definition) is 0. The van der Waals surface area contributed by atoms with Crippen LogP contribution >= 0.6 is 11.6 Å². The van der Waals surface area contributed by atoms with Crippen LogP contribution in [0.2, 0.25) is 5.02 Å². The van der Waals surface area contributed by atoms with Gasteiger partial charge in [0.25, 0.3) is 17.6 Å². The SMILES string of the molecule is COc1cccc(C2=NN(C(=O)CN3C(=O)C(=O)c4cc(Cl)ccc43)C(c3ccc(N(C)C)cc3)C2)c1. The van der Waals surface area contributed by atoms with E-state index in [0.717, 1.165) is 22.5 Å². The number of nitrogens with zero attached hydrogens (tertiary/aromatic N) is 4. The molecule has 0 radical (unpaired) electrons. The molecule has 0 bridgehead atoms. The first-order chi connectivity index (χ1) is 17.8. The van der Waals surface area contributed by atoms with Gasteiger partial charge in [-0.05, 0) is 48.0 Å². The fraction of sp³-hybridized carbons (Fsp3) is 0.214. The molecule has 0 saturated carbocycles. The number of methoxy groups -OCH3 is 1. The Hall–Kier alpha value is -4.17. The average Bonchev–Trinajstić information content (AvgIpc) is 3.45. The van der Waals surface area contributed by atoms with Crippen LogP contribution in [0.25, 0.3) is 0 Å². The first kappa shape index (κ1) is 24.5. The number of benzene rings is 3. The Balaban J connectivity index is 1.48. The summed E-state index contributed by atoms with van der Waals surface area (Å²) >= 11 is 6.02. The first-order valence-corrected chi connectivity index (χ1v) is 12.1. The summed E-state index contributed by atoms with van der Waals surface area (Å²) in [6.07, 6.45) is 0.485. The molecule has 0 aromatic heterocycles. The summed E-state index contributed by atoms with van der Waals surface area (Å²) in [5.74, 6) is -1.14. The summed E-state index contributed by atoms with van der Waals surface area (Å²) in [5, 5.41) is 6.47. The van der Waals surface area contributed by atoms with E-state index in [2.05, 4.69) is 0 Å². The van der Waals surface area contributed by atoms with Crippen molar-refractivity contribution in [3.8, 4) is 5.75 Å². The predicted octanol–water partition coefficient (Wildman–Crippen LogP) is 4.32. The summed E-state index contributed by atoms with van der Waals surface area (Å²) in [5.41, 5.74) is 4.09. The molecule has 2 heterocycles. The topological polar surface area (TPSA) is 82.5 Å². The van der Waals surface area contributed by atoms with Crippen molar-refractivity contribution in [3.63, 3.8) is 0 Å². The maximum atomic E-state index is 13.6. The van der Waals surface area contributed by atoms with Crippen LogP contribution in [0.5, 0.6) is 5.75 Å². The van der Waals surface area contributed by atoms with Gasteiger partial charge in [-0.25, -0.2) is 5.01 Å². The average molecular weight is 517 g/mol. The number of ether oxygens (including phenoxy) is 1. The van der Waals surface area contributed by atoms with Gasteiger partial charge in [-0.15, -0.1) is 0 Å². The Morgan fingerprint density at radius 3 is 2.54 bits per heavy atom. The highest BCUT2D eigenvalue weighted by Gasteiger charge is 2.40. The van der Waals surface area contributed by atoms with E-state index in [9.17, 15) is 14.4 Å². The Kier molecular flexibility index (Phi) is 6.43. The molecule has 0 saturated heterocycles. The molecule has 0 N–H and O–H groups in total. The molecule has 1 unspecified atom stereocenters. The number of fused-ring (bicyclic) bond motifs is 1. The molecule has 2 amide bonds. The van der Waals surface area contributed by atoms with Crippen molar-refractivity contribution in [2.45, 2.75) is 12.5 Å². The van der Waals surface area contributed by atoms with Gasteiger partial charge in [0.2, 0.25) is 0 Å². The normalized spacial score (nSPS) is 16.6. The highest BCUT2D eigenvalue weighted by molar-refractivity contribution is 6.53. The second kappa shape index (κ2) is 9.71. The molecule has 188 valence electrons. The van der Waals surface area contributed by atoms with Crippen molar-refractivity contribution in [1.82, 2.24) is 5.01 Å². The van der Waals surface area contributed by atoms with E-state index in [0.29, 0.717) is 22.9 Å². The smallest absolute Gasteiger partial charge is 0.299 e. The van der Waals surface area contributed by atoms with E-state index in [1.165, 1.54) is 16.0 Å². The van der Waals surface area contributed by atoms with Gasteiger partial charge >= 0.3 is 0 Å². The minimum Gasteiger partial charge on any atom is -0.497 e. The summed E-state index contributed by atoms with van der Waals surface area (Å²) in [6, 6.07) is 19.7. The Labute approximate surface area is 219 Å². The van der Waals surface area contributed by atoms with Crippen molar-refractivity contribution >= 4 is 46.3 Å². The fourth-order valence-corrected chi connectivity index (χ4v) is 4.78. The summed E-state index contributed by atoms with van der Waals surface area (Å²) in [6.45, 7) is -0.319. The molecule has 37 heavy (non-hydrogen) atoms. The number of amides is 2. The third kappa shape index (κ3) is 4.56. The predicted molar refractivity (Wildman–Crippen MR) is 143 cm³/mol. The van der Waals surface area contributed by atoms with E-state index in [1.807, 2.05) is 67.5 Å². The van der Waals surface area contributed by atoms with Crippen LogP contribution < -0.4 is 14.5 Å². The molecule has 9 heteroatoms. The van der Waals surface area contributed by atoms with Crippen LogP contribution in [0, 0.1) is 0 Å². The lowest BCUT2D eigenvalue weighted by Gasteiger charge is -2.25. The Morgan fingerprint density at radius 2 is 1.84 bits per heavy atom. The van der Waals surface area contributed by atoms with Crippen LogP contribution in [0.4, 0.5) is 11.4 Å². The highest BCUT2D eigenvalue weighted by atomic mass is 35.5. The zero-order valence-corrected chi connectivity index (χ0v) is 21.4. The molecule has 0 spiro atoms. The molecule has 2 aliphatic heterocycles. The second-order valence-electron chi connectivity index (χ2n) is 9.10. The molecular weight excluding hydrogens is 492 g/mol. The lowest BCUT2D eigenvalue weighted by atomic mass is 9.98. The Morgan fingerprint density at radius 1 is 1.08 bits per heavy atom. The number of anilines is 2. The van der Waals surface area contributed by atoms with Gasteiger partial charge in [0.15, 0.2) is 0 Å². The standard InChI is InChI=1S/C28H25ClN4O4/c1-31(2)20-10-7-17(8-11-20)25-15-23(18-5-4-6-21(13-18)37-3)30-33(25)26(34)16-32-24-12-9-19(29)14-22(24)27(35)28(32)36/h4-14,25H,15-16H2,1-3H3. The molecule has 0 fully saturated rings. The van der Waals surface area contributed by atoms with Crippen molar-refractivity contribution in [1.29, 1.82) is 0 Å². The number of halogens is 1. The number of hydrogen-bond acceptors (Lipinski definition) is 6. The van der Waals surface area contributed by atoms with E-state index in [4.69, 9.17) is 21.4 Å². The highest BCUT2D eigenvalue weighted by Crippen LogP contribution is 2.36. The van der Waals surface area contributed by atoms with Gasteiger partial charge < -0.3 is 9.64 Å². The minimum absolute atomic E-state index is 0.197. The van der Waals surface area contributed by atoms with Crippen LogP contribution in [0.1, 0.15) is 33.9 Å². The van der Waals surface area contributed by atoms with Crippen molar-refractivity contribution < 1.29 is 19.1 Å². The summed E-state index contributed by atoms with van der Waals surface area (Å²) in [7, 11) is 5.52. The summed E-state index contributed by atoms with van der Waals surface area (Å²) < 4.78 is 5.36. The number of carbonyl (C=O) groups is 3. The maximum Gasteiger partial charge on any atom is 0.299 e. The molecule has 8 nitrogen and oxygen atoms in total. The molecule has 3 aromatic carbocycles. The number of hydrazone groups is 1. The zero-order chi connectivity index (χ0) is 26.3. The fourth-order valence-electron chi connectivity index (χ4n) is 4.61. The van der Waals surface area contributed by atoms with E-state index in [-0.39, 0.29) is 18.2 Å². The van der Waals surface area contributed by atoms with Gasteiger partial charge in [-0.1, -0.05) is 35.9 Å². The van der Waals surface area contributed by atoms with Gasteiger partial charge in [-0.2, -0.15) is 5.10 Å². The lowest BCUT2D eigenvalue weighted by Crippen LogP contribution is -2.40. The Bertz CT molecular complexity index is 1430. The number of Topliss-reactive ketones (excluding diaryl/α,β-unsaturated/α-hetero) is 1. The summed E-state index contributed by atoms with van der Waals surface area (Å²) in [4.78, 5) is 42.1. The minimum atomic E-state index is -0.756. The van der Waals surface area contributed by atoms with Crippen LogP contribution in [0.15, 0.2) is 71.8 Å². The molecule has 1 atom stereocenters. The molecule has 0 aliphatic carbocycles. The molecular formula is C28H25ClN4O4. The molecule has 5 rings (SSSR count).